The summed E-state index contributed by atoms with van der Waals surface area (Å²) in [5.74, 6) is 0. The maximum absolute atomic E-state index is 10.7. The van der Waals surface area contributed by atoms with Crippen molar-refractivity contribution in [2.45, 2.75) is 4.90 Å². The van der Waals surface area contributed by atoms with Crippen LogP contribution in [0, 0.1) is 0 Å². The van der Waals surface area contributed by atoms with Crippen molar-refractivity contribution in [3.8, 4) is 0 Å². The highest BCUT2D eigenvalue weighted by Gasteiger charge is 2.13. The molecule has 0 aromatic heterocycles. The van der Waals surface area contributed by atoms with Gasteiger partial charge in [0.2, 0.25) is 0 Å². The Bertz CT molecular complexity index is 422. The smallest absolute Gasteiger partial charge is 0.294 e. The average molecular weight is 287 g/mol. The third-order valence-electron chi connectivity index (χ3n) is 1.35. The molecule has 4 nitrogen and oxygen atoms in total. The zero-order valence-electron chi connectivity index (χ0n) is 6.16. The van der Waals surface area contributed by atoms with Crippen LogP contribution < -0.4 is 5.73 Å². The zero-order chi connectivity index (χ0) is 10.2. The molecule has 1 aromatic carbocycles. The quantitative estimate of drug-likeness (QED) is 0.610. The van der Waals surface area contributed by atoms with Crippen LogP contribution in [0.1, 0.15) is 0 Å². The van der Waals surface area contributed by atoms with Gasteiger partial charge >= 0.3 is 0 Å². The maximum atomic E-state index is 10.7. The Morgan fingerprint density at radius 2 is 2.00 bits per heavy atom. The number of hydrogen-bond donors (Lipinski definition) is 2. The molecule has 7 heteroatoms. The summed E-state index contributed by atoms with van der Waals surface area (Å²) in [5.41, 5.74) is 5.67. The van der Waals surface area contributed by atoms with Gasteiger partial charge in [0.1, 0.15) is 0 Å². The van der Waals surface area contributed by atoms with Crippen molar-refractivity contribution in [1.82, 2.24) is 0 Å². The van der Waals surface area contributed by atoms with Gasteiger partial charge in [-0.1, -0.05) is 11.6 Å². The first kappa shape index (κ1) is 10.8. The summed E-state index contributed by atoms with van der Waals surface area (Å²) in [6.45, 7) is 0. The van der Waals surface area contributed by atoms with Crippen LogP contribution in [0.5, 0.6) is 0 Å². The van der Waals surface area contributed by atoms with Crippen molar-refractivity contribution < 1.29 is 13.0 Å². The summed E-state index contributed by atoms with van der Waals surface area (Å²) < 4.78 is 30.4. The predicted molar refractivity (Wildman–Crippen MR) is 53.4 cm³/mol. The molecule has 72 valence electrons. The predicted octanol–water partition coefficient (Wildman–Crippen LogP) is 1.93. The van der Waals surface area contributed by atoms with E-state index in [4.69, 9.17) is 21.9 Å². The molecule has 3 N–H and O–H groups in total. The lowest BCUT2D eigenvalue weighted by Crippen LogP contribution is -1.99. The molecule has 0 fully saturated rings. The van der Waals surface area contributed by atoms with E-state index in [1.807, 2.05) is 0 Å². The average Bonchev–Trinajstić information content (AvgIpc) is 1.97. The molecule has 1 rings (SSSR count). The van der Waals surface area contributed by atoms with E-state index in [-0.39, 0.29) is 15.6 Å². The molecule has 0 atom stereocenters. The van der Waals surface area contributed by atoms with Crippen LogP contribution in [-0.2, 0) is 10.1 Å². The second kappa shape index (κ2) is 3.45. The molecule has 0 saturated heterocycles. The SMILES string of the molecule is Nc1c(Cl)cc(S(=O)(=O)O)cc1Br. The summed E-state index contributed by atoms with van der Waals surface area (Å²) in [7, 11) is -4.23. The summed E-state index contributed by atoms with van der Waals surface area (Å²) in [5, 5.41) is 0.0713. The minimum atomic E-state index is -4.23. The van der Waals surface area contributed by atoms with E-state index >= 15 is 0 Å². The molecule has 0 heterocycles. The molecule has 0 radical (unpaired) electrons. The lowest BCUT2D eigenvalue weighted by Gasteiger charge is -2.03. The van der Waals surface area contributed by atoms with Crippen molar-refractivity contribution in [2.24, 2.45) is 0 Å². The molecule has 0 saturated carbocycles. The van der Waals surface area contributed by atoms with E-state index in [9.17, 15) is 8.42 Å². The first-order valence-corrected chi connectivity index (χ1v) is 5.65. The molecule has 0 spiro atoms. The highest BCUT2D eigenvalue weighted by molar-refractivity contribution is 9.10. The van der Waals surface area contributed by atoms with Gasteiger partial charge in [-0.25, -0.2) is 0 Å². The van der Waals surface area contributed by atoms with Gasteiger partial charge in [0, 0.05) is 4.47 Å². The fourth-order valence-corrected chi connectivity index (χ4v) is 2.25. The van der Waals surface area contributed by atoms with Crippen LogP contribution in [0.3, 0.4) is 0 Å². The van der Waals surface area contributed by atoms with E-state index in [2.05, 4.69) is 15.9 Å². The van der Waals surface area contributed by atoms with Crippen LogP contribution >= 0.6 is 27.5 Å². The van der Waals surface area contributed by atoms with E-state index in [1.165, 1.54) is 6.07 Å². The summed E-state index contributed by atoms with van der Waals surface area (Å²) in [6.07, 6.45) is 0. The van der Waals surface area contributed by atoms with Gasteiger partial charge in [-0.15, -0.1) is 0 Å². The monoisotopic (exact) mass is 285 g/mol. The third kappa shape index (κ3) is 2.34. The number of hydrogen-bond acceptors (Lipinski definition) is 3. The van der Waals surface area contributed by atoms with Gasteiger partial charge < -0.3 is 5.73 Å². The summed E-state index contributed by atoms with van der Waals surface area (Å²) in [6, 6.07) is 2.26. The van der Waals surface area contributed by atoms with Crippen LogP contribution in [0.15, 0.2) is 21.5 Å². The fourth-order valence-electron chi connectivity index (χ4n) is 0.710. The standard InChI is InChI=1S/C6H5BrClNO3S/c7-4-1-3(13(10,11)12)2-5(8)6(4)9/h1-2H,9H2,(H,10,11,12). The molecule has 0 aliphatic rings. The van der Waals surface area contributed by atoms with Gasteiger partial charge in [-0.05, 0) is 28.1 Å². The number of anilines is 1. The summed E-state index contributed by atoms with van der Waals surface area (Å²) in [4.78, 5) is -0.293. The highest BCUT2D eigenvalue weighted by atomic mass is 79.9. The topological polar surface area (TPSA) is 80.4 Å². The highest BCUT2D eigenvalue weighted by Crippen LogP contribution is 2.30. The fraction of sp³-hybridized carbons (Fsp3) is 0. The van der Waals surface area contributed by atoms with Gasteiger partial charge in [0.15, 0.2) is 0 Å². The molecular formula is C6H5BrClNO3S. The molecule has 0 aliphatic heterocycles. The van der Waals surface area contributed by atoms with E-state index in [1.54, 1.807) is 0 Å². The molecular weight excluding hydrogens is 281 g/mol. The van der Waals surface area contributed by atoms with Gasteiger partial charge in [-0.3, -0.25) is 4.55 Å². The van der Waals surface area contributed by atoms with Gasteiger partial charge in [-0.2, -0.15) is 8.42 Å². The lowest BCUT2D eigenvalue weighted by atomic mass is 10.3. The Labute approximate surface area is 88.6 Å². The first-order valence-electron chi connectivity index (χ1n) is 3.04. The Kier molecular flexibility index (Phi) is 2.86. The number of nitrogen functional groups attached to an aromatic ring is 1. The maximum Gasteiger partial charge on any atom is 0.294 e. The van der Waals surface area contributed by atoms with Crippen molar-refractivity contribution in [3.63, 3.8) is 0 Å². The van der Waals surface area contributed by atoms with Crippen LogP contribution in [0.25, 0.3) is 0 Å². The molecule has 1 aromatic rings. The lowest BCUT2D eigenvalue weighted by molar-refractivity contribution is 0.483. The van der Waals surface area contributed by atoms with Crippen molar-refractivity contribution >= 4 is 43.3 Å². The minimum Gasteiger partial charge on any atom is -0.397 e. The van der Waals surface area contributed by atoms with E-state index < -0.39 is 10.1 Å². The third-order valence-corrected chi connectivity index (χ3v) is 3.15. The van der Waals surface area contributed by atoms with Crippen LogP contribution in [0.4, 0.5) is 5.69 Å². The number of halogens is 2. The van der Waals surface area contributed by atoms with E-state index in [0.29, 0.717) is 4.47 Å². The van der Waals surface area contributed by atoms with Crippen LogP contribution in [0.2, 0.25) is 5.02 Å². The Morgan fingerprint density at radius 3 is 2.38 bits per heavy atom. The Morgan fingerprint density at radius 1 is 1.46 bits per heavy atom. The molecule has 13 heavy (non-hydrogen) atoms. The normalized spacial score (nSPS) is 11.6. The summed E-state index contributed by atoms with van der Waals surface area (Å²) >= 11 is 8.60. The van der Waals surface area contributed by atoms with Crippen molar-refractivity contribution in [2.75, 3.05) is 5.73 Å². The zero-order valence-corrected chi connectivity index (χ0v) is 9.32. The second-order valence-corrected chi connectivity index (χ2v) is 4.96. The number of nitrogens with two attached hydrogens (primary N) is 1. The Hall–Kier alpha value is -0.300. The molecule has 0 bridgehead atoms. The van der Waals surface area contributed by atoms with Crippen molar-refractivity contribution in [1.29, 1.82) is 0 Å². The molecule has 0 unspecified atom stereocenters. The van der Waals surface area contributed by atoms with Gasteiger partial charge in [0.05, 0.1) is 15.6 Å². The minimum absolute atomic E-state index is 0.0713. The molecule has 0 amide bonds. The molecule has 0 aliphatic carbocycles. The number of rotatable bonds is 1. The second-order valence-electron chi connectivity index (χ2n) is 2.28. The first-order chi connectivity index (χ1) is 5.82. The Balaban J connectivity index is 3.47. The van der Waals surface area contributed by atoms with Crippen molar-refractivity contribution in [3.05, 3.63) is 21.6 Å². The van der Waals surface area contributed by atoms with E-state index in [0.717, 1.165) is 6.07 Å². The van der Waals surface area contributed by atoms with Gasteiger partial charge in [0.25, 0.3) is 10.1 Å². The van der Waals surface area contributed by atoms with Crippen LogP contribution in [-0.4, -0.2) is 13.0 Å². The largest absolute Gasteiger partial charge is 0.397 e. The number of benzene rings is 1.